The minimum absolute atomic E-state index is 0.126. The molecule has 2 amide bonds. The van der Waals surface area contributed by atoms with Crippen LogP contribution in [0.2, 0.25) is 0 Å². The number of aryl methyl sites for hydroxylation is 1. The van der Waals surface area contributed by atoms with Crippen molar-refractivity contribution in [2.75, 3.05) is 18.4 Å². The van der Waals surface area contributed by atoms with E-state index >= 15 is 0 Å². The van der Waals surface area contributed by atoms with Crippen molar-refractivity contribution in [1.29, 1.82) is 0 Å². The third-order valence-corrected chi connectivity index (χ3v) is 4.05. The highest BCUT2D eigenvalue weighted by molar-refractivity contribution is 6.00. The van der Waals surface area contributed by atoms with Crippen molar-refractivity contribution >= 4 is 17.7 Å². The average Bonchev–Trinajstić information content (AvgIpc) is 2.40. The van der Waals surface area contributed by atoms with E-state index in [-0.39, 0.29) is 17.0 Å². The largest absolute Gasteiger partial charge is 0.478 e. The lowest BCUT2D eigenvalue weighted by Gasteiger charge is -2.36. The summed E-state index contributed by atoms with van der Waals surface area (Å²) >= 11 is 0. The smallest absolute Gasteiger partial charge is 0.337 e. The van der Waals surface area contributed by atoms with Gasteiger partial charge in [-0.3, -0.25) is 0 Å². The van der Waals surface area contributed by atoms with E-state index in [1.54, 1.807) is 23.1 Å². The highest BCUT2D eigenvalue weighted by Crippen LogP contribution is 2.30. The molecule has 1 fully saturated rings. The summed E-state index contributed by atoms with van der Waals surface area (Å²) in [5.74, 6) is -1.03. The van der Waals surface area contributed by atoms with Crippen LogP contribution in [0.4, 0.5) is 10.5 Å². The van der Waals surface area contributed by atoms with E-state index in [1.165, 1.54) is 0 Å². The van der Waals surface area contributed by atoms with Crippen molar-refractivity contribution in [2.45, 2.75) is 33.6 Å². The number of benzene rings is 1. The van der Waals surface area contributed by atoms with Crippen molar-refractivity contribution < 1.29 is 14.7 Å². The second kappa shape index (κ2) is 5.76. The first kappa shape index (κ1) is 15.4. The number of nitrogens with zero attached hydrogens (tertiary/aromatic N) is 1. The summed E-state index contributed by atoms with van der Waals surface area (Å²) in [5, 5.41) is 11.9. The first-order valence-corrected chi connectivity index (χ1v) is 7.18. The Morgan fingerprint density at radius 2 is 1.86 bits per heavy atom. The van der Waals surface area contributed by atoms with Gasteiger partial charge in [0.25, 0.3) is 0 Å². The number of rotatable bonds is 2. The van der Waals surface area contributed by atoms with Crippen LogP contribution in [0.25, 0.3) is 0 Å². The lowest BCUT2D eigenvalue weighted by Crippen LogP contribution is -2.43. The Bertz CT molecular complexity index is 557. The van der Waals surface area contributed by atoms with Gasteiger partial charge in [-0.1, -0.05) is 25.5 Å². The second-order valence-corrected chi connectivity index (χ2v) is 6.44. The minimum atomic E-state index is -1.03. The molecule has 1 saturated heterocycles. The van der Waals surface area contributed by atoms with E-state index in [0.717, 1.165) is 18.4 Å². The summed E-state index contributed by atoms with van der Waals surface area (Å²) in [6.07, 6.45) is 1.92. The maximum atomic E-state index is 12.3. The number of piperidine rings is 1. The van der Waals surface area contributed by atoms with E-state index in [1.807, 2.05) is 6.92 Å². The van der Waals surface area contributed by atoms with E-state index in [0.29, 0.717) is 18.8 Å². The van der Waals surface area contributed by atoms with Gasteiger partial charge in [0.2, 0.25) is 0 Å². The zero-order chi connectivity index (χ0) is 15.6. The molecule has 0 saturated carbocycles. The molecule has 114 valence electrons. The van der Waals surface area contributed by atoms with E-state index in [9.17, 15) is 14.7 Å². The van der Waals surface area contributed by atoms with Gasteiger partial charge in [-0.25, -0.2) is 9.59 Å². The maximum Gasteiger partial charge on any atom is 0.337 e. The van der Waals surface area contributed by atoms with Crippen LogP contribution in [-0.4, -0.2) is 35.1 Å². The normalized spacial score (nSPS) is 17.4. The summed E-state index contributed by atoms with van der Waals surface area (Å²) in [4.78, 5) is 25.3. The number of hydrogen-bond acceptors (Lipinski definition) is 2. The van der Waals surface area contributed by atoms with Gasteiger partial charge in [-0.05, 0) is 37.3 Å². The lowest BCUT2D eigenvalue weighted by atomic mass is 9.83. The summed E-state index contributed by atoms with van der Waals surface area (Å²) in [7, 11) is 0. The summed E-state index contributed by atoms with van der Waals surface area (Å²) in [5.41, 5.74) is 1.60. The first-order chi connectivity index (χ1) is 9.78. The highest BCUT2D eigenvalue weighted by Gasteiger charge is 2.28. The zero-order valence-electron chi connectivity index (χ0n) is 12.8. The number of carboxylic acid groups (broad SMARTS) is 1. The molecule has 0 spiro atoms. The van der Waals surface area contributed by atoms with E-state index in [4.69, 9.17) is 0 Å². The zero-order valence-corrected chi connectivity index (χ0v) is 12.8. The molecule has 1 aliphatic rings. The molecule has 2 rings (SSSR count). The van der Waals surface area contributed by atoms with Gasteiger partial charge in [-0.15, -0.1) is 0 Å². The number of carboxylic acids is 1. The number of hydrogen-bond donors (Lipinski definition) is 2. The van der Waals surface area contributed by atoms with Crippen molar-refractivity contribution in [3.63, 3.8) is 0 Å². The molecular weight excluding hydrogens is 268 g/mol. The van der Waals surface area contributed by atoms with Crippen LogP contribution in [0.5, 0.6) is 0 Å². The molecule has 0 radical (unpaired) electrons. The second-order valence-electron chi connectivity index (χ2n) is 6.44. The molecule has 1 aromatic carbocycles. The summed E-state index contributed by atoms with van der Waals surface area (Å²) in [6.45, 7) is 7.63. The fourth-order valence-corrected chi connectivity index (χ4v) is 2.45. The van der Waals surface area contributed by atoms with E-state index < -0.39 is 5.97 Å². The van der Waals surface area contributed by atoms with Gasteiger partial charge < -0.3 is 15.3 Å². The fourth-order valence-electron chi connectivity index (χ4n) is 2.45. The number of urea groups is 1. The molecule has 5 nitrogen and oxygen atoms in total. The maximum absolute atomic E-state index is 12.3. The molecule has 2 N–H and O–H groups in total. The minimum Gasteiger partial charge on any atom is -0.478 e. The molecule has 1 aromatic rings. The molecule has 0 bridgehead atoms. The highest BCUT2D eigenvalue weighted by atomic mass is 16.4. The average molecular weight is 290 g/mol. The molecule has 0 unspecified atom stereocenters. The van der Waals surface area contributed by atoms with Gasteiger partial charge in [0.05, 0.1) is 11.3 Å². The number of amides is 2. The van der Waals surface area contributed by atoms with E-state index in [2.05, 4.69) is 19.2 Å². The molecule has 0 aromatic heterocycles. The number of aromatic carboxylic acids is 1. The van der Waals surface area contributed by atoms with Crippen molar-refractivity contribution in [2.24, 2.45) is 5.41 Å². The third-order valence-electron chi connectivity index (χ3n) is 4.05. The van der Waals surface area contributed by atoms with Crippen LogP contribution in [0.15, 0.2) is 18.2 Å². The van der Waals surface area contributed by atoms with Gasteiger partial charge >= 0.3 is 12.0 Å². The molecule has 1 heterocycles. The van der Waals surface area contributed by atoms with Gasteiger partial charge in [-0.2, -0.15) is 0 Å². The standard InChI is InChI=1S/C16H22N2O3/c1-11-4-5-13(12(10-11)14(19)20)17-15(21)18-8-6-16(2,3)7-9-18/h4-5,10H,6-9H2,1-3H3,(H,17,21)(H,19,20). The topological polar surface area (TPSA) is 69.6 Å². The molecule has 21 heavy (non-hydrogen) atoms. The Morgan fingerprint density at radius 3 is 2.43 bits per heavy atom. The number of nitrogens with one attached hydrogen (secondary N) is 1. The predicted octanol–water partition coefficient (Wildman–Crippen LogP) is 3.35. The molecule has 1 aliphatic heterocycles. The first-order valence-electron chi connectivity index (χ1n) is 7.18. The SMILES string of the molecule is Cc1ccc(NC(=O)N2CCC(C)(C)CC2)c(C(=O)O)c1. The van der Waals surface area contributed by atoms with Gasteiger partial charge in [0.1, 0.15) is 0 Å². The summed E-state index contributed by atoms with van der Waals surface area (Å²) < 4.78 is 0. The van der Waals surface area contributed by atoms with Crippen LogP contribution in [0, 0.1) is 12.3 Å². The number of anilines is 1. The number of likely N-dealkylation sites (tertiary alicyclic amines) is 1. The van der Waals surface area contributed by atoms with Gasteiger partial charge in [0.15, 0.2) is 0 Å². The molecule has 5 heteroatoms. The number of carbonyl (C=O) groups is 2. The Morgan fingerprint density at radius 1 is 1.24 bits per heavy atom. The van der Waals surface area contributed by atoms with Crippen LogP contribution in [0.3, 0.4) is 0 Å². The van der Waals surface area contributed by atoms with Crippen LogP contribution in [-0.2, 0) is 0 Å². The van der Waals surface area contributed by atoms with Gasteiger partial charge in [0, 0.05) is 13.1 Å². The third kappa shape index (κ3) is 3.74. The van der Waals surface area contributed by atoms with Crippen LogP contribution in [0.1, 0.15) is 42.6 Å². The predicted molar refractivity (Wildman–Crippen MR) is 81.7 cm³/mol. The Labute approximate surface area is 125 Å². The molecular formula is C16H22N2O3. The van der Waals surface area contributed by atoms with Crippen LogP contribution >= 0.6 is 0 Å². The van der Waals surface area contributed by atoms with Crippen LogP contribution < -0.4 is 5.32 Å². The van der Waals surface area contributed by atoms with Crippen molar-refractivity contribution in [1.82, 2.24) is 4.90 Å². The lowest BCUT2D eigenvalue weighted by molar-refractivity contribution is 0.0698. The molecule has 0 atom stereocenters. The fraction of sp³-hybridized carbons (Fsp3) is 0.500. The Balaban J connectivity index is 2.08. The monoisotopic (exact) mass is 290 g/mol. The number of carbonyl (C=O) groups excluding carboxylic acids is 1. The summed E-state index contributed by atoms with van der Waals surface area (Å²) in [6, 6.07) is 4.78. The quantitative estimate of drug-likeness (QED) is 0.877. The van der Waals surface area contributed by atoms with Crippen molar-refractivity contribution in [3.05, 3.63) is 29.3 Å². The molecule has 0 aliphatic carbocycles. The Hall–Kier alpha value is -2.04. The van der Waals surface area contributed by atoms with Crippen molar-refractivity contribution in [3.8, 4) is 0 Å². The Kier molecular flexibility index (Phi) is 4.21.